The SMILES string of the molecule is O=C(CCOc1ccccc1)NCC1(C(=O)O)CCCC1. The molecule has 2 rings (SSSR count). The Kier molecular flexibility index (Phi) is 5.20. The molecule has 1 aliphatic carbocycles. The Labute approximate surface area is 124 Å². The van der Waals surface area contributed by atoms with E-state index in [4.69, 9.17) is 4.74 Å². The van der Waals surface area contributed by atoms with Gasteiger partial charge in [-0.2, -0.15) is 0 Å². The van der Waals surface area contributed by atoms with Crippen LogP contribution in [0.5, 0.6) is 5.75 Å². The number of ether oxygens (including phenoxy) is 1. The quantitative estimate of drug-likeness (QED) is 0.807. The molecule has 1 amide bonds. The van der Waals surface area contributed by atoms with Gasteiger partial charge in [0.1, 0.15) is 5.75 Å². The van der Waals surface area contributed by atoms with Crippen LogP contribution in [0.2, 0.25) is 0 Å². The first-order valence-corrected chi connectivity index (χ1v) is 7.30. The third-order valence-electron chi connectivity index (χ3n) is 3.98. The summed E-state index contributed by atoms with van der Waals surface area (Å²) in [5.41, 5.74) is -0.768. The molecular weight excluding hydrogens is 270 g/mol. The van der Waals surface area contributed by atoms with Crippen molar-refractivity contribution in [1.29, 1.82) is 0 Å². The van der Waals surface area contributed by atoms with E-state index in [9.17, 15) is 14.7 Å². The van der Waals surface area contributed by atoms with E-state index in [-0.39, 0.29) is 25.5 Å². The van der Waals surface area contributed by atoms with Crippen LogP contribution in [-0.4, -0.2) is 30.1 Å². The van der Waals surface area contributed by atoms with E-state index in [0.717, 1.165) is 18.6 Å². The molecule has 1 aliphatic rings. The highest BCUT2D eigenvalue weighted by Crippen LogP contribution is 2.37. The van der Waals surface area contributed by atoms with E-state index < -0.39 is 11.4 Å². The van der Waals surface area contributed by atoms with Gasteiger partial charge in [0.05, 0.1) is 18.4 Å². The molecule has 0 heterocycles. The van der Waals surface area contributed by atoms with Gasteiger partial charge in [0, 0.05) is 6.54 Å². The van der Waals surface area contributed by atoms with Crippen LogP contribution in [-0.2, 0) is 9.59 Å². The number of carboxylic acids is 1. The van der Waals surface area contributed by atoms with Crippen molar-refractivity contribution in [1.82, 2.24) is 5.32 Å². The number of para-hydroxylation sites is 1. The number of carbonyl (C=O) groups is 2. The summed E-state index contributed by atoms with van der Waals surface area (Å²) < 4.78 is 5.44. The lowest BCUT2D eigenvalue weighted by molar-refractivity contribution is -0.148. The lowest BCUT2D eigenvalue weighted by Crippen LogP contribution is -2.41. The first kappa shape index (κ1) is 15.4. The van der Waals surface area contributed by atoms with E-state index in [1.807, 2.05) is 30.3 Å². The van der Waals surface area contributed by atoms with Crippen LogP contribution in [0.4, 0.5) is 0 Å². The molecule has 1 fully saturated rings. The second-order valence-corrected chi connectivity index (χ2v) is 5.48. The Balaban J connectivity index is 1.71. The molecular formula is C16H21NO4. The summed E-state index contributed by atoms with van der Waals surface area (Å²) in [5.74, 6) is -0.248. The molecule has 0 saturated heterocycles. The number of hydrogen-bond acceptors (Lipinski definition) is 3. The Hall–Kier alpha value is -2.04. The van der Waals surface area contributed by atoms with Gasteiger partial charge in [-0.25, -0.2) is 0 Å². The Bertz CT molecular complexity index is 480. The number of rotatable bonds is 7. The number of nitrogens with one attached hydrogen (secondary N) is 1. The zero-order valence-electron chi connectivity index (χ0n) is 12.0. The Morgan fingerprint density at radius 2 is 1.86 bits per heavy atom. The molecule has 0 aliphatic heterocycles. The zero-order valence-corrected chi connectivity index (χ0v) is 12.0. The van der Waals surface area contributed by atoms with Crippen molar-refractivity contribution in [3.8, 4) is 5.75 Å². The Morgan fingerprint density at radius 1 is 1.19 bits per heavy atom. The van der Waals surface area contributed by atoms with Crippen molar-refractivity contribution >= 4 is 11.9 Å². The van der Waals surface area contributed by atoms with Gasteiger partial charge in [0.15, 0.2) is 0 Å². The van der Waals surface area contributed by atoms with Gasteiger partial charge in [0.2, 0.25) is 5.91 Å². The summed E-state index contributed by atoms with van der Waals surface area (Å²) in [7, 11) is 0. The first-order chi connectivity index (χ1) is 10.1. The summed E-state index contributed by atoms with van der Waals surface area (Å²) in [5, 5.41) is 12.1. The van der Waals surface area contributed by atoms with Gasteiger partial charge in [-0.3, -0.25) is 9.59 Å². The highest BCUT2D eigenvalue weighted by Gasteiger charge is 2.41. The van der Waals surface area contributed by atoms with Crippen molar-refractivity contribution in [3.05, 3.63) is 30.3 Å². The second-order valence-electron chi connectivity index (χ2n) is 5.48. The zero-order chi connectivity index (χ0) is 15.1. The maximum Gasteiger partial charge on any atom is 0.311 e. The smallest absolute Gasteiger partial charge is 0.311 e. The van der Waals surface area contributed by atoms with Gasteiger partial charge >= 0.3 is 5.97 Å². The topological polar surface area (TPSA) is 75.6 Å². The van der Waals surface area contributed by atoms with Crippen molar-refractivity contribution in [2.75, 3.05) is 13.2 Å². The molecule has 5 heteroatoms. The predicted octanol–water partition coefficient (Wildman–Crippen LogP) is 2.22. The standard InChI is InChI=1S/C16H21NO4/c18-14(8-11-21-13-6-2-1-3-7-13)17-12-16(15(19)20)9-4-5-10-16/h1-3,6-7H,4-5,8-12H2,(H,17,18)(H,19,20). The lowest BCUT2D eigenvalue weighted by atomic mass is 9.86. The van der Waals surface area contributed by atoms with Crippen LogP contribution in [0.25, 0.3) is 0 Å². The highest BCUT2D eigenvalue weighted by molar-refractivity contribution is 5.79. The monoisotopic (exact) mass is 291 g/mol. The van der Waals surface area contributed by atoms with Gasteiger partial charge in [-0.05, 0) is 25.0 Å². The van der Waals surface area contributed by atoms with Crippen molar-refractivity contribution in [3.63, 3.8) is 0 Å². The molecule has 114 valence electrons. The van der Waals surface area contributed by atoms with Crippen LogP contribution in [0.3, 0.4) is 0 Å². The lowest BCUT2D eigenvalue weighted by Gasteiger charge is -2.23. The molecule has 0 atom stereocenters. The number of amides is 1. The largest absolute Gasteiger partial charge is 0.493 e. The summed E-state index contributed by atoms with van der Waals surface area (Å²) in [4.78, 5) is 23.1. The minimum Gasteiger partial charge on any atom is -0.493 e. The van der Waals surface area contributed by atoms with Gasteiger partial charge in [-0.1, -0.05) is 31.0 Å². The number of carboxylic acid groups (broad SMARTS) is 1. The number of benzene rings is 1. The fourth-order valence-corrected chi connectivity index (χ4v) is 2.65. The number of aliphatic carboxylic acids is 1. The summed E-state index contributed by atoms with van der Waals surface area (Å²) in [6.07, 6.45) is 3.34. The molecule has 0 unspecified atom stereocenters. The average Bonchev–Trinajstić information content (AvgIpc) is 2.96. The van der Waals surface area contributed by atoms with E-state index in [1.54, 1.807) is 0 Å². The molecule has 0 radical (unpaired) electrons. The van der Waals surface area contributed by atoms with Crippen LogP contribution in [0.15, 0.2) is 30.3 Å². The third kappa shape index (κ3) is 4.21. The third-order valence-corrected chi connectivity index (χ3v) is 3.98. The summed E-state index contributed by atoms with van der Waals surface area (Å²) in [6.45, 7) is 0.502. The highest BCUT2D eigenvalue weighted by atomic mass is 16.5. The second kappa shape index (κ2) is 7.11. The van der Waals surface area contributed by atoms with E-state index in [2.05, 4.69) is 5.32 Å². The molecule has 1 aromatic rings. The number of carbonyl (C=O) groups excluding carboxylic acids is 1. The maximum absolute atomic E-state index is 11.8. The molecule has 5 nitrogen and oxygen atoms in total. The van der Waals surface area contributed by atoms with Crippen LogP contribution >= 0.6 is 0 Å². The first-order valence-electron chi connectivity index (χ1n) is 7.30. The minimum atomic E-state index is -0.805. The maximum atomic E-state index is 11.8. The average molecular weight is 291 g/mol. The minimum absolute atomic E-state index is 0.168. The van der Waals surface area contributed by atoms with E-state index in [1.165, 1.54) is 0 Å². The van der Waals surface area contributed by atoms with Crippen LogP contribution < -0.4 is 10.1 Å². The Morgan fingerprint density at radius 3 is 2.48 bits per heavy atom. The van der Waals surface area contributed by atoms with E-state index >= 15 is 0 Å². The molecule has 2 N–H and O–H groups in total. The summed E-state index contributed by atoms with van der Waals surface area (Å²) in [6, 6.07) is 9.29. The normalized spacial score (nSPS) is 16.4. The van der Waals surface area contributed by atoms with Gasteiger partial charge in [-0.15, -0.1) is 0 Å². The molecule has 1 saturated carbocycles. The predicted molar refractivity (Wildman–Crippen MR) is 78.1 cm³/mol. The van der Waals surface area contributed by atoms with Gasteiger partial charge < -0.3 is 15.2 Å². The fourth-order valence-electron chi connectivity index (χ4n) is 2.65. The molecule has 0 spiro atoms. The van der Waals surface area contributed by atoms with Crippen LogP contribution in [0.1, 0.15) is 32.1 Å². The fraction of sp³-hybridized carbons (Fsp3) is 0.500. The molecule has 21 heavy (non-hydrogen) atoms. The number of hydrogen-bond donors (Lipinski definition) is 2. The van der Waals surface area contributed by atoms with E-state index in [0.29, 0.717) is 12.8 Å². The van der Waals surface area contributed by atoms with Crippen molar-refractivity contribution in [2.45, 2.75) is 32.1 Å². The molecule has 1 aromatic carbocycles. The van der Waals surface area contributed by atoms with Gasteiger partial charge in [0.25, 0.3) is 0 Å². The molecule has 0 bridgehead atoms. The van der Waals surface area contributed by atoms with Crippen molar-refractivity contribution < 1.29 is 19.4 Å². The summed E-state index contributed by atoms with van der Waals surface area (Å²) >= 11 is 0. The molecule has 0 aromatic heterocycles. The van der Waals surface area contributed by atoms with Crippen LogP contribution in [0, 0.1) is 5.41 Å². The van der Waals surface area contributed by atoms with Crippen molar-refractivity contribution in [2.24, 2.45) is 5.41 Å².